The molecule has 1 aromatic carbocycles. The van der Waals surface area contributed by atoms with Gasteiger partial charge >= 0.3 is 6.18 Å². The van der Waals surface area contributed by atoms with E-state index in [2.05, 4.69) is 31.1 Å². The number of carbonyl (C=O) groups is 1. The van der Waals surface area contributed by atoms with E-state index in [0.29, 0.717) is 36.7 Å². The standard InChI is InChI=1S/C21H26F3N7O3S/c1-34-10-8-25-19(33)20-29-28-17(35-20)7-2-3-9-31-13-16(27-30-31)18(32)26-12-14-5-4-6-15(11-14)21(22,23)24/h4-6,11,13,19,25,33H,2-3,7-10,12H2,1H3,(H,26,32). The molecule has 0 saturated heterocycles. The number of aliphatic hydroxyl groups is 1. The third-order valence-corrected chi connectivity index (χ3v) is 5.90. The number of carbonyl (C=O) groups excluding carboxylic acids is 1. The van der Waals surface area contributed by atoms with Crippen molar-refractivity contribution in [1.82, 2.24) is 35.8 Å². The molecular formula is C21H26F3N7O3S. The summed E-state index contributed by atoms with van der Waals surface area (Å²) in [5, 5.41) is 32.6. The Morgan fingerprint density at radius 1 is 1.26 bits per heavy atom. The first-order chi connectivity index (χ1) is 16.8. The van der Waals surface area contributed by atoms with Gasteiger partial charge < -0.3 is 15.2 Å². The highest BCUT2D eigenvalue weighted by molar-refractivity contribution is 7.11. The predicted octanol–water partition coefficient (Wildman–Crippen LogP) is 2.33. The number of methoxy groups -OCH3 is 1. The molecule has 14 heteroatoms. The van der Waals surface area contributed by atoms with E-state index in [1.165, 1.54) is 34.3 Å². The minimum atomic E-state index is -4.44. The molecule has 1 amide bonds. The van der Waals surface area contributed by atoms with Gasteiger partial charge in [0.15, 0.2) is 16.9 Å². The van der Waals surface area contributed by atoms with E-state index in [4.69, 9.17) is 4.74 Å². The molecule has 0 aliphatic rings. The Labute approximate surface area is 203 Å². The number of hydrogen-bond acceptors (Lipinski definition) is 9. The van der Waals surface area contributed by atoms with Gasteiger partial charge in [-0.3, -0.25) is 14.8 Å². The number of benzene rings is 1. The van der Waals surface area contributed by atoms with Gasteiger partial charge in [0, 0.05) is 33.2 Å². The van der Waals surface area contributed by atoms with E-state index in [9.17, 15) is 23.1 Å². The quantitative estimate of drug-likeness (QED) is 0.235. The van der Waals surface area contributed by atoms with Gasteiger partial charge in [0.05, 0.1) is 18.4 Å². The molecule has 0 bridgehead atoms. The fourth-order valence-electron chi connectivity index (χ4n) is 3.06. The van der Waals surface area contributed by atoms with Gasteiger partial charge in [-0.2, -0.15) is 13.2 Å². The van der Waals surface area contributed by atoms with Gasteiger partial charge in [-0.1, -0.05) is 28.7 Å². The highest BCUT2D eigenvalue weighted by Gasteiger charge is 2.30. The summed E-state index contributed by atoms with van der Waals surface area (Å²) in [4.78, 5) is 12.3. The number of unbranched alkanes of at least 4 members (excludes halogenated alkanes) is 1. The molecular weight excluding hydrogens is 487 g/mol. The monoisotopic (exact) mass is 513 g/mol. The topological polar surface area (TPSA) is 127 Å². The average molecular weight is 514 g/mol. The van der Waals surface area contributed by atoms with Gasteiger partial charge in [-0.25, -0.2) is 0 Å². The zero-order valence-electron chi connectivity index (χ0n) is 19.0. The maximum absolute atomic E-state index is 12.8. The number of aromatic nitrogens is 5. The molecule has 0 aliphatic carbocycles. The third kappa shape index (κ3) is 8.35. The van der Waals surface area contributed by atoms with Crippen LogP contribution in [0.1, 0.15) is 50.7 Å². The van der Waals surface area contributed by atoms with Crippen LogP contribution >= 0.6 is 11.3 Å². The highest BCUT2D eigenvalue weighted by Crippen LogP contribution is 2.29. The summed E-state index contributed by atoms with van der Waals surface area (Å²) < 4.78 is 44.9. The summed E-state index contributed by atoms with van der Waals surface area (Å²) in [6, 6.07) is 4.78. The van der Waals surface area contributed by atoms with Crippen LogP contribution in [0.5, 0.6) is 0 Å². The molecule has 1 unspecified atom stereocenters. The van der Waals surface area contributed by atoms with Gasteiger partial charge in [-0.15, -0.1) is 15.3 Å². The van der Waals surface area contributed by atoms with E-state index in [-0.39, 0.29) is 12.2 Å². The van der Waals surface area contributed by atoms with Crippen molar-refractivity contribution >= 4 is 17.2 Å². The Morgan fingerprint density at radius 2 is 2.09 bits per heavy atom. The van der Waals surface area contributed by atoms with Crippen LogP contribution in [-0.4, -0.2) is 56.5 Å². The lowest BCUT2D eigenvalue weighted by molar-refractivity contribution is -0.137. The van der Waals surface area contributed by atoms with Crippen molar-refractivity contribution in [2.45, 2.75) is 44.8 Å². The molecule has 10 nitrogen and oxygen atoms in total. The van der Waals surface area contributed by atoms with Crippen LogP contribution in [0.4, 0.5) is 13.2 Å². The van der Waals surface area contributed by atoms with Gasteiger partial charge in [-0.05, 0) is 30.5 Å². The van der Waals surface area contributed by atoms with Crippen molar-refractivity contribution in [2.24, 2.45) is 0 Å². The number of ether oxygens (including phenoxy) is 1. The van der Waals surface area contributed by atoms with E-state index in [1.807, 2.05) is 0 Å². The Bertz CT molecular complexity index is 1090. The van der Waals surface area contributed by atoms with Gasteiger partial charge in [0.1, 0.15) is 5.01 Å². The highest BCUT2D eigenvalue weighted by atomic mass is 32.1. The first-order valence-electron chi connectivity index (χ1n) is 10.8. The molecule has 0 aliphatic heterocycles. The number of halogens is 3. The number of nitrogens with zero attached hydrogens (tertiary/aromatic N) is 5. The Morgan fingerprint density at radius 3 is 2.86 bits per heavy atom. The lowest BCUT2D eigenvalue weighted by atomic mass is 10.1. The fraction of sp³-hybridized carbons (Fsp3) is 0.476. The smallest absolute Gasteiger partial charge is 0.383 e. The van der Waals surface area contributed by atoms with Crippen molar-refractivity contribution in [1.29, 1.82) is 0 Å². The van der Waals surface area contributed by atoms with Gasteiger partial charge in [0.25, 0.3) is 5.91 Å². The lowest BCUT2D eigenvalue weighted by Crippen LogP contribution is -2.24. The summed E-state index contributed by atoms with van der Waals surface area (Å²) in [5.74, 6) is -0.521. The van der Waals surface area contributed by atoms with Crippen LogP contribution in [-0.2, 0) is 30.4 Å². The molecule has 0 radical (unpaired) electrons. The van der Waals surface area contributed by atoms with Crippen LogP contribution in [0.25, 0.3) is 0 Å². The first kappa shape index (κ1) is 26.7. The first-order valence-corrected chi connectivity index (χ1v) is 11.6. The molecule has 0 spiro atoms. The number of aliphatic hydroxyl groups excluding tert-OH is 1. The second kappa shape index (κ2) is 12.7. The maximum atomic E-state index is 12.8. The van der Waals surface area contributed by atoms with Crippen LogP contribution in [0.3, 0.4) is 0 Å². The number of aryl methyl sites for hydroxylation is 2. The normalized spacial score (nSPS) is 12.6. The van der Waals surface area contributed by atoms with Crippen LogP contribution < -0.4 is 10.6 Å². The Kier molecular flexibility index (Phi) is 9.65. The molecule has 2 heterocycles. The molecule has 3 aromatic rings. The van der Waals surface area contributed by atoms with Crippen LogP contribution in [0.2, 0.25) is 0 Å². The van der Waals surface area contributed by atoms with E-state index >= 15 is 0 Å². The average Bonchev–Trinajstić information content (AvgIpc) is 3.50. The van der Waals surface area contributed by atoms with E-state index in [1.54, 1.807) is 7.11 Å². The second-order valence-electron chi connectivity index (χ2n) is 7.59. The summed E-state index contributed by atoms with van der Waals surface area (Å²) in [6.45, 7) is 1.44. The van der Waals surface area contributed by atoms with Crippen LogP contribution in [0, 0.1) is 0 Å². The molecule has 3 rings (SSSR count). The van der Waals surface area contributed by atoms with E-state index in [0.717, 1.165) is 30.0 Å². The predicted molar refractivity (Wildman–Crippen MR) is 120 cm³/mol. The number of alkyl halides is 3. The zero-order chi connectivity index (χ0) is 25.3. The number of hydrogen-bond donors (Lipinski definition) is 3. The second-order valence-corrected chi connectivity index (χ2v) is 8.68. The molecule has 0 fully saturated rings. The van der Waals surface area contributed by atoms with Crippen molar-refractivity contribution in [3.63, 3.8) is 0 Å². The molecule has 0 saturated carbocycles. The maximum Gasteiger partial charge on any atom is 0.416 e. The molecule has 1 atom stereocenters. The van der Waals surface area contributed by atoms with Crippen molar-refractivity contribution < 1.29 is 27.8 Å². The van der Waals surface area contributed by atoms with Crippen molar-refractivity contribution in [3.8, 4) is 0 Å². The number of amides is 1. The molecule has 3 N–H and O–H groups in total. The summed E-state index contributed by atoms with van der Waals surface area (Å²) >= 11 is 1.33. The van der Waals surface area contributed by atoms with Gasteiger partial charge in [0.2, 0.25) is 0 Å². The van der Waals surface area contributed by atoms with Crippen molar-refractivity contribution in [2.75, 3.05) is 20.3 Å². The summed E-state index contributed by atoms with van der Waals surface area (Å²) in [5.41, 5.74) is -0.353. The summed E-state index contributed by atoms with van der Waals surface area (Å²) in [6.07, 6.45) is -1.61. The Hall–Kier alpha value is -2.94. The minimum Gasteiger partial charge on any atom is -0.383 e. The third-order valence-electron chi connectivity index (χ3n) is 4.87. The number of rotatable bonds is 13. The molecule has 190 valence electrons. The van der Waals surface area contributed by atoms with Crippen LogP contribution in [0.15, 0.2) is 30.5 Å². The SMILES string of the molecule is COCCNC(O)c1nnc(CCCCn2cc(C(=O)NCc3cccc(C(F)(F)F)c3)nn2)s1. The lowest BCUT2D eigenvalue weighted by Gasteiger charge is -2.09. The largest absolute Gasteiger partial charge is 0.416 e. The number of nitrogens with one attached hydrogen (secondary N) is 2. The molecule has 35 heavy (non-hydrogen) atoms. The van der Waals surface area contributed by atoms with Crippen molar-refractivity contribution in [3.05, 3.63) is 57.3 Å². The fourth-order valence-corrected chi connectivity index (χ4v) is 3.90. The molecule has 2 aromatic heterocycles. The Balaban J connectivity index is 1.39. The summed E-state index contributed by atoms with van der Waals surface area (Å²) in [7, 11) is 1.58. The van der Waals surface area contributed by atoms with E-state index < -0.39 is 23.9 Å². The minimum absolute atomic E-state index is 0.0595. The zero-order valence-corrected chi connectivity index (χ0v) is 19.8.